The summed E-state index contributed by atoms with van der Waals surface area (Å²) in [6.07, 6.45) is 5.46. The third-order valence-corrected chi connectivity index (χ3v) is 4.66. The molecule has 22 heavy (non-hydrogen) atoms. The fraction of sp³-hybridized carbons (Fsp3) is 0.667. The molecular formula is C18H28O4. The van der Waals surface area contributed by atoms with E-state index in [0.717, 1.165) is 12.8 Å². The van der Waals surface area contributed by atoms with Crippen LogP contribution in [0.25, 0.3) is 0 Å². The van der Waals surface area contributed by atoms with Crippen LogP contribution < -0.4 is 0 Å². The van der Waals surface area contributed by atoms with Gasteiger partial charge in [-0.1, -0.05) is 12.2 Å². The van der Waals surface area contributed by atoms with Crippen LogP contribution in [-0.2, 0) is 19.1 Å². The predicted octanol–water partition coefficient (Wildman–Crippen LogP) is 3.52. The number of allylic oxidation sites excluding steroid dienone is 2. The lowest BCUT2D eigenvalue weighted by molar-refractivity contribution is -0.150. The highest BCUT2D eigenvalue weighted by Gasteiger charge is 2.56. The van der Waals surface area contributed by atoms with E-state index < -0.39 is 0 Å². The average molecular weight is 308 g/mol. The van der Waals surface area contributed by atoms with Crippen molar-refractivity contribution in [2.45, 2.75) is 40.5 Å². The van der Waals surface area contributed by atoms with Crippen molar-refractivity contribution >= 4 is 11.9 Å². The maximum Gasteiger partial charge on any atom is 0.312 e. The van der Waals surface area contributed by atoms with Crippen molar-refractivity contribution in [2.24, 2.45) is 22.7 Å². The van der Waals surface area contributed by atoms with Gasteiger partial charge >= 0.3 is 11.9 Å². The Balaban J connectivity index is 0.000000220. The molecule has 2 rings (SSSR count). The molecule has 124 valence electrons. The first-order chi connectivity index (χ1) is 10.3. The fourth-order valence-corrected chi connectivity index (χ4v) is 2.54. The highest BCUT2D eigenvalue weighted by Crippen LogP contribution is 2.54. The molecule has 0 aromatic carbocycles. The zero-order valence-corrected chi connectivity index (χ0v) is 14.2. The van der Waals surface area contributed by atoms with Crippen LogP contribution in [0.4, 0.5) is 0 Å². The van der Waals surface area contributed by atoms with Gasteiger partial charge in [0.2, 0.25) is 0 Å². The van der Waals surface area contributed by atoms with Crippen molar-refractivity contribution < 1.29 is 19.1 Å². The Hall–Kier alpha value is -1.58. The minimum atomic E-state index is -0.252. The highest BCUT2D eigenvalue weighted by molar-refractivity contribution is 5.81. The smallest absolute Gasteiger partial charge is 0.312 e. The van der Waals surface area contributed by atoms with Crippen molar-refractivity contribution in [1.29, 1.82) is 0 Å². The summed E-state index contributed by atoms with van der Waals surface area (Å²) in [5.41, 5.74) is -0.504. The Morgan fingerprint density at radius 3 is 1.45 bits per heavy atom. The molecule has 0 aliphatic heterocycles. The molecule has 2 aliphatic carbocycles. The van der Waals surface area contributed by atoms with E-state index in [2.05, 4.69) is 13.2 Å². The van der Waals surface area contributed by atoms with Crippen LogP contribution >= 0.6 is 0 Å². The van der Waals surface area contributed by atoms with Gasteiger partial charge in [0, 0.05) is 0 Å². The summed E-state index contributed by atoms with van der Waals surface area (Å²) in [6.45, 7) is 15.8. The summed E-state index contributed by atoms with van der Waals surface area (Å²) in [5.74, 6) is 0.512. The molecule has 3 unspecified atom stereocenters. The number of hydrogen-bond acceptors (Lipinski definition) is 4. The fourth-order valence-electron chi connectivity index (χ4n) is 2.54. The lowest BCUT2D eigenvalue weighted by Crippen LogP contribution is -2.17. The summed E-state index contributed by atoms with van der Waals surface area (Å²) in [6, 6.07) is 0. The van der Waals surface area contributed by atoms with Crippen LogP contribution in [0.5, 0.6) is 0 Å². The minimum Gasteiger partial charge on any atom is -0.466 e. The molecule has 2 aliphatic rings. The molecule has 2 saturated carbocycles. The molecule has 4 atom stereocenters. The molecule has 4 heteroatoms. The first kappa shape index (κ1) is 18.5. The molecule has 0 radical (unpaired) electrons. The van der Waals surface area contributed by atoms with Gasteiger partial charge in [-0.05, 0) is 52.4 Å². The summed E-state index contributed by atoms with van der Waals surface area (Å²) in [5, 5.41) is 0. The molecule has 0 heterocycles. The molecule has 0 aromatic rings. The van der Waals surface area contributed by atoms with Crippen LogP contribution in [-0.4, -0.2) is 25.2 Å². The maximum atomic E-state index is 11.2. The third-order valence-electron chi connectivity index (χ3n) is 4.66. The molecule has 0 saturated heterocycles. The second-order valence-corrected chi connectivity index (χ2v) is 6.37. The molecule has 0 aromatic heterocycles. The van der Waals surface area contributed by atoms with E-state index in [-0.39, 0.29) is 22.8 Å². The van der Waals surface area contributed by atoms with E-state index in [1.54, 1.807) is 0 Å². The zero-order valence-electron chi connectivity index (χ0n) is 14.2. The summed E-state index contributed by atoms with van der Waals surface area (Å²) >= 11 is 0. The van der Waals surface area contributed by atoms with Crippen molar-refractivity contribution in [1.82, 2.24) is 0 Å². The van der Waals surface area contributed by atoms with Gasteiger partial charge in [-0.3, -0.25) is 9.59 Å². The van der Waals surface area contributed by atoms with Gasteiger partial charge in [0.1, 0.15) is 0 Å². The van der Waals surface area contributed by atoms with E-state index in [1.807, 2.05) is 39.8 Å². The first-order valence-corrected chi connectivity index (χ1v) is 7.89. The molecule has 0 spiro atoms. The van der Waals surface area contributed by atoms with E-state index in [0.29, 0.717) is 25.0 Å². The van der Waals surface area contributed by atoms with Crippen LogP contribution in [0.2, 0.25) is 0 Å². The van der Waals surface area contributed by atoms with Crippen LogP contribution in [0.3, 0.4) is 0 Å². The third kappa shape index (κ3) is 3.79. The van der Waals surface area contributed by atoms with Crippen molar-refractivity contribution in [3.05, 3.63) is 25.3 Å². The molecular weight excluding hydrogens is 280 g/mol. The zero-order chi connectivity index (χ0) is 17.0. The second-order valence-electron chi connectivity index (χ2n) is 6.37. The van der Waals surface area contributed by atoms with Gasteiger partial charge < -0.3 is 9.47 Å². The quantitative estimate of drug-likeness (QED) is 0.556. The average Bonchev–Trinajstić information content (AvgIpc) is 3.36. The number of esters is 2. The first-order valence-electron chi connectivity index (χ1n) is 7.89. The molecule has 0 amide bonds. The normalized spacial score (nSPS) is 34.5. The Morgan fingerprint density at radius 2 is 1.27 bits per heavy atom. The SMILES string of the molecule is C=CC1CC1(C)C(=O)OCC.C=C[C@H]1CC1(C)C(=O)OCC. The lowest BCUT2D eigenvalue weighted by Gasteiger charge is -2.07. The molecule has 2 fully saturated rings. The van der Waals surface area contributed by atoms with Gasteiger partial charge in [0.25, 0.3) is 0 Å². The van der Waals surface area contributed by atoms with Crippen LogP contribution in [0.1, 0.15) is 40.5 Å². The van der Waals surface area contributed by atoms with Crippen molar-refractivity contribution in [3.8, 4) is 0 Å². The van der Waals surface area contributed by atoms with Gasteiger partial charge in [0.15, 0.2) is 0 Å². The Bertz CT molecular complexity index is 414. The van der Waals surface area contributed by atoms with Gasteiger partial charge in [-0.15, -0.1) is 13.2 Å². The van der Waals surface area contributed by atoms with E-state index in [4.69, 9.17) is 9.47 Å². The van der Waals surface area contributed by atoms with Gasteiger partial charge in [-0.2, -0.15) is 0 Å². The summed E-state index contributed by atoms with van der Waals surface area (Å²) < 4.78 is 9.83. The number of rotatable bonds is 6. The minimum absolute atomic E-state index is 0.0788. The standard InChI is InChI=1S/2C9H14O2/c2*1-4-7-6-9(7,3)8(10)11-5-2/h2*4,7H,1,5-6H2,2-3H3/t7-,9?;/m0./s1. The maximum absolute atomic E-state index is 11.2. The number of hydrogen-bond donors (Lipinski definition) is 0. The van der Waals surface area contributed by atoms with E-state index in [9.17, 15) is 9.59 Å². The van der Waals surface area contributed by atoms with Crippen molar-refractivity contribution in [2.75, 3.05) is 13.2 Å². The Kier molecular flexibility index (Phi) is 5.98. The largest absolute Gasteiger partial charge is 0.466 e. The highest BCUT2D eigenvalue weighted by atomic mass is 16.5. The number of ether oxygens (including phenoxy) is 2. The Labute approximate surface area is 133 Å². The second kappa shape index (κ2) is 7.12. The van der Waals surface area contributed by atoms with Crippen LogP contribution in [0, 0.1) is 22.7 Å². The van der Waals surface area contributed by atoms with Crippen LogP contribution in [0.15, 0.2) is 25.3 Å². The topological polar surface area (TPSA) is 52.6 Å². The summed E-state index contributed by atoms with van der Waals surface area (Å²) in [7, 11) is 0. The number of carbonyl (C=O) groups excluding carboxylic acids is 2. The van der Waals surface area contributed by atoms with Gasteiger partial charge in [0.05, 0.1) is 24.0 Å². The Morgan fingerprint density at radius 1 is 0.955 bits per heavy atom. The van der Waals surface area contributed by atoms with Crippen molar-refractivity contribution in [3.63, 3.8) is 0 Å². The molecule has 0 bridgehead atoms. The lowest BCUT2D eigenvalue weighted by atomic mass is 10.1. The molecule has 0 N–H and O–H groups in total. The predicted molar refractivity (Wildman–Crippen MR) is 86.1 cm³/mol. The van der Waals surface area contributed by atoms with E-state index >= 15 is 0 Å². The number of carbonyl (C=O) groups is 2. The summed E-state index contributed by atoms with van der Waals surface area (Å²) in [4.78, 5) is 22.5. The van der Waals surface area contributed by atoms with Gasteiger partial charge in [-0.25, -0.2) is 0 Å². The molecule has 4 nitrogen and oxygen atoms in total. The van der Waals surface area contributed by atoms with E-state index in [1.165, 1.54) is 0 Å². The monoisotopic (exact) mass is 308 g/mol.